The van der Waals surface area contributed by atoms with E-state index in [1.807, 2.05) is 6.07 Å². The molecule has 0 aliphatic heterocycles. The Morgan fingerprint density at radius 1 is 1.73 bits per heavy atom. The maximum absolute atomic E-state index is 10.5. The summed E-state index contributed by atoms with van der Waals surface area (Å²) < 4.78 is 0. The van der Waals surface area contributed by atoms with Gasteiger partial charge in [0.1, 0.15) is 5.69 Å². The first-order valence-electron chi connectivity index (χ1n) is 2.82. The molecule has 0 saturated heterocycles. The Morgan fingerprint density at radius 3 is 3.00 bits per heavy atom. The van der Waals surface area contributed by atoms with Crippen molar-refractivity contribution in [3.8, 4) is 6.07 Å². The van der Waals surface area contributed by atoms with Crippen LogP contribution in [0.25, 0.3) is 0 Å². The van der Waals surface area contributed by atoms with Crippen molar-refractivity contribution >= 4 is 5.91 Å². The predicted octanol–water partition coefficient (Wildman–Crippen LogP) is -1.03. The van der Waals surface area contributed by atoms with Crippen molar-refractivity contribution < 1.29 is 4.79 Å². The van der Waals surface area contributed by atoms with E-state index in [0.29, 0.717) is 5.69 Å². The Morgan fingerprint density at radius 2 is 2.45 bits per heavy atom. The lowest BCUT2D eigenvalue weighted by atomic mass is 10.2. The second kappa shape index (κ2) is 2.79. The fraction of sp³-hybridized carbons (Fsp3) is 0.200. The van der Waals surface area contributed by atoms with Crippen molar-refractivity contribution in [3.05, 3.63) is 11.4 Å². The zero-order valence-electron chi connectivity index (χ0n) is 5.53. The Hall–Kier alpha value is -1.90. The highest BCUT2D eigenvalue weighted by molar-refractivity contribution is 5.91. The zero-order valence-corrected chi connectivity index (χ0v) is 5.53. The van der Waals surface area contributed by atoms with Crippen LogP contribution in [0.4, 0.5) is 0 Å². The number of rotatable bonds is 2. The number of aromatic nitrogens is 3. The largest absolute Gasteiger partial charge is 0.364 e. The number of amides is 1. The number of nitrogens with one attached hydrogen (secondary N) is 1. The van der Waals surface area contributed by atoms with Crippen molar-refractivity contribution in [3.63, 3.8) is 0 Å². The van der Waals surface area contributed by atoms with Crippen molar-refractivity contribution in [1.29, 1.82) is 5.26 Å². The van der Waals surface area contributed by atoms with Crippen LogP contribution in [0.2, 0.25) is 0 Å². The summed E-state index contributed by atoms with van der Waals surface area (Å²) in [6, 6.07) is 1.84. The van der Waals surface area contributed by atoms with Crippen LogP contribution in [-0.4, -0.2) is 21.3 Å². The lowest BCUT2D eigenvalue weighted by Crippen LogP contribution is -2.13. The Kier molecular flexibility index (Phi) is 1.83. The third-order valence-corrected chi connectivity index (χ3v) is 1.10. The van der Waals surface area contributed by atoms with E-state index in [4.69, 9.17) is 11.0 Å². The lowest BCUT2D eigenvalue weighted by molar-refractivity contribution is 0.0995. The van der Waals surface area contributed by atoms with Gasteiger partial charge in [0.25, 0.3) is 5.91 Å². The molecule has 56 valence electrons. The summed E-state index contributed by atoms with van der Waals surface area (Å²) in [6.45, 7) is 0. The minimum absolute atomic E-state index is 0.0338. The van der Waals surface area contributed by atoms with Gasteiger partial charge in [0.15, 0.2) is 5.69 Å². The SMILES string of the molecule is N#CCc1n[nH]nc1C(N)=O. The summed E-state index contributed by atoms with van der Waals surface area (Å²) in [5.41, 5.74) is 5.24. The minimum Gasteiger partial charge on any atom is -0.364 e. The molecule has 1 aromatic rings. The van der Waals surface area contributed by atoms with Crippen LogP contribution in [0, 0.1) is 11.3 Å². The molecule has 0 aromatic carbocycles. The van der Waals surface area contributed by atoms with Gasteiger partial charge < -0.3 is 5.73 Å². The number of H-pyrrole nitrogens is 1. The van der Waals surface area contributed by atoms with Crippen LogP contribution in [0.3, 0.4) is 0 Å². The third kappa shape index (κ3) is 1.32. The number of hydrogen-bond donors (Lipinski definition) is 2. The first kappa shape index (κ1) is 7.21. The minimum atomic E-state index is -0.677. The van der Waals surface area contributed by atoms with E-state index in [9.17, 15) is 4.79 Å². The normalized spacial score (nSPS) is 9.00. The summed E-state index contributed by atoms with van der Waals surface area (Å²) in [6.07, 6.45) is 0.0365. The maximum Gasteiger partial charge on any atom is 0.271 e. The molecular formula is C5H5N5O. The summed E-state index contributed by atoms with van der Waals surface area (Å²) in [4.78, 5) is 10.5. The molecule has 1 rings (SSSR count). The van der Waals surface area contributed by atoms with Gasteiger partial charge in [-0.1, -0.05) is 0 Å². The predicted molar refractivity (Wildman–Crippen MR) is 34.2 cm³/mol. The van der Waals surface area contributed by atoms with E-state index in [0.717, 1.165) is 0 Å². The standard InChI is InChI=1S/C5H5N5O/c6-2-1-3-4(5(7)11)9-10-8-3/h1H2,(H2,7,11)(H,8,9,10). The van der Waals surface area contributed by atoms with Gasteiger partial charge in [-0.15, -0.1) is 0 Å². The first-order chi connectivity index (χ1) is 5.25. The van der Waals surface area contributed by atoms with Crippen LogP contribution >= 0.6 is 0 Å². The van der Waals surface area contributed by atoms with Crippen LogP contribution < -0.4 is 5.73 Å². The molecule has 0 fully saturated rings. The van der Waals surface area contributed by atoms with E-state index in [1.54, 1.807) is 0 Å². The number of nitriles is 1. The molecule has 11 heavy (non-hydrogen) atoms. The quantitative estimate of drug-likeness (QED) is 0.563. The van der Waals surface area contributed by atoms with Gasteiger partial charge in [0.05, 0.1) is 12.5 Å². The Balaban J connectivity index is 2.98. The number of carbonyl (C=O) groups excluding carboxylic acids is 1. The van der Waals surface area contributed by atoms with Gasteiger partial charge in [-0.25, -0.2) is 0 Å². The molecule has 3 N–H and O–H groups in total. The van der Waals surface area contributed by atoms with E-state index in [-0.39, 0.29) is 12.1 Å². The summed E-state index contributed by atoms with van der Waals surface area (Å²) in [5.74, 6) is -0.677. The van der Waals surface area contributed by atoms with Crippen molar-refractivity contribution in [1.82, 2.24) is 15.4 Å². The smallest absolute Gasteiger partial charge is 0.271 e. The van der Waals surface area contributed by atoms with Crippen LogP contribution in [0.5, 0.6) is 0 Å². The van der Waals surface area contributed by atoms with Crippen LogP contribution in [0.1, 0.15) is 16.2 Å². The summed E-state index contributed by atoms with van der Waals surface area (Å²) in [7, 11) is 0. The first-order valence-corrected chi connectivity index (χ1v) is 2.82. The Labute approximate surface area is 62.0 Å². The molecule has 6 nitrogen and oxygen atoms in total. The van der Waals surface area contributed by atoms with Gasteiger partial charge in [0, 0.05) is 0 Å². The molecule has 0 spiro atoms. The topological polar surface area (TPSA) is 108 Å². The van der Waals surface area contributed by atoms with Gasteiger partial charge in [-0.2, -0.15) is 20.7 Å². The average Bonchev–Trinajstić information content (AvgIpc) is 2.36. The maximum atomic E-state index is 10.5. The zero-order chi connectivity index (χ0) is 8.27. The molecule has 1 aromatic heterocycles. The number of primary amides is 1. The molecule has 0 unspecified atom stereocenters. The monoisotopic (exact) mass is 151 g/mol. The van der Waals surface area contributed by atoms with Gasteiger partial charge in [-0.3, -0.25) is 4.79 Å². The van der Waals surface area contributed by atoms with E-state index in [2.05, 4.69) is 15.4 Å². The highest BCUT2D eigenvalue weighted by Gasteiger charge is 2.11. The second-order valence-electron chi connectivity index (χ2n) is 1.82. The molecule has 1 amide bonds. The molecule has 0 saturated carbocycles. The van der Waals surface area contributed by atoms with Gasteiger partial charge >= 0.3 is 0 Å². The summed E-state index contributed by atoms with van der Waals surface area (Å²) >= 11 is 0. The van der Waals surface area contributed by atoms with Crippen LogP contribution in [-0.2, 0) is 6.42 Å². The fourth-order valence-electron chi connectivity index (χ4n) is 0.648. The second-order valence-corrected chi connectivity index (χ2v) is 1.82. The molecule has 0 aliphatic rings. The van der Waals surface area contributed by atoms with E-state index >= 15 is 0 Å². The molecule has 0 atom stereocenters. The molecule has 1 heterocycles. The van der Waals surface area contributed by atoms with Crippen LogP contribution in [0.15, 0.2) is 0 Å². The number of nitrogens with zero attached hydrogens (tertiary/aromatic N) is 3. The number of aromatic amines is 1. The van der Waals surface area contributed by atoms with E-state index in [1.165, 1.54) is 0 Å². The summed E-state index contributed by atoms with van der Waals surface area (Å²) in [5, 5.41) is 17.5. The van der Waals surface area contributed by atoms with Crippen molar-refractivity contribution in [2.45, 2.75) is 6.42 Å². The highest BCUT2D eigenvalue weighted by atomic mass is 16.1. The molecule has 0 radical (unpaired) electrons. The number of carbonyl (C=O) groups is 1. The molecule has 6 heteroatoms. The number of nitrogens with two attached hydrogens (primary N) is 1. The molecule has 0 bridgehead atoms. The van der Waals surface area contributed by atoms with E-state index < -0.39 is 5.91 Å². The van der Waals surface area contributed by atoms with Crippen molar-refractivity contribution in [2.75, 3.05) is 0 Å². The fourth-order valence-corrected chi connectivity index (χ4v) is 0.648. The van der Waals surface area contributed by atoms with Gasteiger partial charge in [0.2, 0.25) is 0 Å². The third-order valence-electron chi connectivity index (χ3n) is 1.10. The average molecular weight is 151 g/mol. The number of hydrogen-bond acceptors (Lipinski definition) is 4. The van der Waals surface area contributed by atoms with Gasteiger partial charge in [-0.05, 0) is 0 Å². The Bertz CT molecular complexity index is 309. The lowest BCUT2D eigenvalue weighted by Gasteiger charge is -1.86. The van der Waals surface area contributed by atoms with Crippen molar-refractivity contribution in [2.24, 2.45) is 5.73 Å². The molecule has 0 aliphatic carbocycles. The molecular weight excluding hydrogens is 146 g/mol. The highest BCUT2D eigenvalue weighted by Crippen LogP contribution is 1.98.